The summed E-state index contributed by atoms with van der Waals surface area (Å²) in [5.41, 5.74) is 2.64. The fourth-order valence-corrected chi connectivity index (χ4v) is 4.99. The molecule has 3 aromatic rings. The molecule has 0 fully saturated rings. The molecule has 3 rings (SSSR count). The Bertz CT molecular complexity index is 993. The van der Waals surface area contributed by atoms with E-state index in [1.165, 1.54) is 11.3 Å². The molecule has 132 valence electrons. The minimum Gasteiger partial charge on any atom is -0.496 e. The number of methoxy groups -OCH3 is 1. The topological polar surface area (TPSA) is 81.2 Å². The predicted octanol–water partition coefficient (Wildman–Crippen LogP) is 3.55. The molecular weight excluding hydrogens is 378 g/mol. The molecule has 0 saturated carbocycles. The van der Waals surface area contributed by atoms with Gasteiger partial charge in [0.25, 0.3) is 0 Å². The molecule has 1 N–H and O–H groups in total. The van der Waals surface area contributed by atoms with E-state index in [2.05, 4.69) is 14.7 Å². The zero-order valence-corrected chi connectivity index (χ0v) is 16.4. The van der Waals surface area contributed by atoms with E-state index in [0.717, 1.165) is 38.8 Å². The highest BCUT2D eigenvalue weighted by Crippen LogP contribution is 2.34. The number of rotatable bonds is 6. The van der Waals surface area contributed by atoms with Gasteiger partial charge in [-0.3, -0.25) is 4.72 Å². The minimum absolute atomic E-state index is 0.356. The van der Waals surface area contributed by atoms with Crippen LogP contribution < -0.4 is 9.46 Å². The molecule has 0 atom stereocenters. The number of hydrogen-bond acceptors (Lipinski definition) is 7. The van der Waals surface area contributed by atoms with Crippen LogP contribution >= 0.6 is 22.7 Å². The van der Waals surface area contributed by atoms with Crippen molar-refractivity contribution in [3.05, 3.63) is 45.9 Å². The van der Waals surface area contributed by atoms with Crippen LogP contribution in [0.25, 0.3) is 10.6 Å². The number of sulfonamides is 1. The maximum atomic E-state index is 11.4. The van der Waals surface area contributed by atoms with Crippen LogP contribution in [0.3, 0.4) is 0 Å². The molecule has 25 heavy (non-hydrogen) atoms. The van der Waals surface area contributed by atoms with Crippen LogP contribution in [-0.4, -0.2) is 31.8 Å². The lowest BCUT2D eigenvalue weighted by Crippen LogP contribution is -2.08. The van der Waals surface area contributed by atoms with Crippen molar-refractivity contribution >= 4 is 37.8 Å². The van der Waals surface area contributed by atoms with Crippen LogP contribution in [0.1, 0.15) is 16.3 Å². The highest BCUT2D eigenvalue weighted by atomic mass is 32.2. The molecular formula is C16H17N3O3S3. The van der Waals surface area contributed by atoms with Gasteiger partial charge in [-0.1, -0.05) is 29.5 Å². The molecule has 0 aliphatic rings. The van der Waals surface area contributed by atoms with E-state index in [1.807, 2.05) is 36.6 Å². The SMILES string of the molecule is COc1ccccc1Cc1nc(-c2sc(NS(C)(=O)=O)nc2C)cs1. The highest BCUT2D eigenvalue weighted by molar-refractivity contribution is 7.92. The summed E-state index contributed by atoms with van der Waals surface area (Å²) in [7, 11) is -1.68. The third-order valence-electron chi connectivity index (χ3n) is 3.39. The number of benzene rings is 1. The van der Waals surface area contributed by atoms with Crippen molar-refractivity contribution in [2.75, 3.05) is 18.1 Å². The quantitative estimate of drug-likeness (QED) is 0.690. The molecule has 0 bridgehead atoms. The van der Waals surface area contributed by atoms with Crippen molar-refractivity contribution in [3.8, 4) is 16.3 Å². The number of aryl methyl sites for hydroxylation is 1. The Labute approximate surface area is 154 Å². The van der Waals surface area contributed by atoms with Crippen molar-refractivity contribution in [2.24, 2.45) is 0 Å². The molecule has 1 aromatic carbocycles. The molecule has 0 saturated heterocycles. The first-order chi connectivity index (χ1) is 11.9. The van der Waals surface area contributed by atoms with Crippen molar-refractivity contribution in [1.82, 2.24) is 9.97 Å². The Balaban J connectivity index is 1.84. The second-order valence-corrected chi connectivity index (χ2v) is 9.11. The summed E-state index contributed by atoms with van der Waals surface area (Å²) < 4.78 is 30.5. The van der Waals surface area contributed by atoms with Gasteiger partial charge in [0.15, 0.2) is 5.13 Å². The molecule has 0 amide bonds. The Morgan fingerprint density at radius 2 is 2.00 bits per heavy atom. The second-order valence-electron chi connectivity index (χ2n) is 5.42. The average Bonchev–Trinajstić information content (AvgIpc) is 3.12. The Hall–Kier alpha value is -1.97. The fourth-order valence-electron chi connectivity index (χ4n) is 2.34. The first-order valence-corrected chi connectivity index (χ1v) is 11.0. The standard InChI is InChI=1S/C16H17N3O3S3/c1-10-15(24-16(17-10)19-25(3,20)21)12-9-23-14(18-12)8-11-6-4-5-7-13(11)22-2/h4-7,9H,8H2,1-3H3,(H,17,19). The molecule has 9 heteroatoms. The number of hydrogen-bond donors (Lipinski definition) is 1. The predicted molar refractivity (Wildman–Crippen MR) is 102 cm³/mol. The lowest BCUT2D eigenvalue weighted by molar-refractivity contribution is 0.410. The van der Waals surface area contributed by atoms with Gasteiger partial charge in [0.05, 0.1) is 34.6 Å². The summed E-state index contributed by atoms with van der Waals surface area (Å²) >= 11 is 2.85. The zero-order chi connectivity index (χ0) is 18.0. The van der Waals surface area contributed by atoms with Crippen LogP contribution in [0.15, 0.2) is 29.6 Å². The molecule has 0 aliphatic heterocycles. The molecule has 0 unspecified atom stereocenters. The molecule has 0 radical (unpaired) electrons. The lowest BCUT2D eigenvalue weighted by Gasteiger charge is -2.05. The van der Waals surface area contributed by atoms with Gasteiger partial charge in [-0.15, -0.1) is 11.3 Å². The number of nitrogens with zero attached hydrogens (tertiary/aromatic N) is 2. The fraction of sp³-hybridized carbons (Fsp3) is 0.250. The van der Waals surface area contributed by atoms with Gasteiger partial charge in [-0.2, -0.15) is 0 Å². The van der Waals surface area contributed by atoms with Crippen LogP contribution in [0, 0.1) is 6.92 Å². The van der Waals surface area contributed by atoms with Gasteiger partial charge in [-0.05, 0) is 13.0 Å². The normalized spacial score (nSPS) is 11.5. The number of para-hydroxylation sites is 1. The number of aromatic nitrogens is 2. The average molecular weight is 396 g/mol. The maximum Gasteiger partial charge on any atom is 0.231 e. The smallest absolute Gasteiger partial charge is 0.231 e. The summed E-state index contributed by atoms with van der Waals surface area (Å²) in [6.45, 7) is 1.85. The monoisotopic (exact) mass is 395 g/mol. The van der Waals surface area contributed by atoms with Crippen LogP contribution in [0.4, 0.5) is 5.13 Å². The minimum atomic E-state index is -3.34. The first-order valence-electron chi connectivity index (χ1n) is 7.37. The van der Waals surface area contributed by atoms with Gasteiger partial charge < -0.3 is 4.74 Å². The number of thiazole rings is 2. The van der Waals surface area contributed by atoms with Crippen molar-refractivity contribution in [3.63, 3.8) is 0 Å². The summed E-state index contributed by atoms with van der Waals surface area (Å²) in [5, 5.41) is 3.29. The molecule has 2 aromatic heterocycles. The first kappa shape index (κ1) is 17.8. The van der Waals surface area contributed by atoms with Crippen LogP contribution in [0.5, 0.6) is 5.75 Å². The van der Waals surface area contributed by atoms with Crippen LogP contribution in [-0.2, 0) is 16.4 Å². The number of anilines is 1. The van der Waals surface area contributed by atoms with E-state index in [0.29, 0.717) is 11.6 Å². The summed E-state index contributed by atoms with van der Waals surface area (Å²) in [6, 6.07) is 7.86. The van der Waals surface area contributed by atoms with E-state index in [1.54, 1.807) is 18.4 Å². The summed E-state index contributed by atoms with van der Waals surface area (Å²) in [4.78, 5) is 9.81. The Morgan fingerprint density at radius 3 is 2.72 bits per heavy atom. The van der Waals surface area contributed by atoms with Gasteiger partial charge >= 0.3 is 0 Å². The second kappa shape index (κ2) is 7.11. The van der Waals surface area contributed by atoms with Gasteiger partial charge in [0.1, 0.15) is 5.75 Å². The van der Waals surface area contributed by atoms with Crippen LogP contribution in [0.2, 0.25) is 0 Å². The molecule has 2 heterocycles. The van der Waals surface area contributed by atoms with E-state index in [-0.39, 0.29) is 0 Å². The summed E-state index contributed by atoms with van der Waals surface area (Å²) in [6.07, 6.45) is 1.79. The van der Waals surface area contributed by atoms with Gasteiger partial charge in [0, 0.05) is 17.4 Å². The van der Waals surface area contributed by atoms with Gasteiger partial charge in [0.2, 0.25) is 10.0 Å². The summed E-state index contributed by atoms with van der Waals surface area (Å²) in [5.74, 6) is 0.841. The van der Waals surface area contributed by atoms with Crippen molar-refractivity contribution in [1.29, 1.82) is 0 Å². The molecule has 6 nitrogen and oxygen atoms in total. The molecule has 0 aliphatic carbocycles. The largest absolute Gasteiger partial charge is 0.496 e. The van der Waals surface area contributed by atoms with Crippen molar-refractivity contribution in [2.45, 2.75) is 13.3 Å². The number of nitrogens with one attached hydrogen (secondary N) is 1. The molecule has 0 spiro atoms. The zero-order valence-electron chi connectivity index (χ0n) is 13.9. The van der Waals surface area contributed by atoms with E-state index in [9.17, 15) is 8.42 Å². The lowest BCUT2D eigenvalue weighted by atomic mass is 10.1. The van der Waals surface area contributed by atoms with E-state index >= 15 is 0 Å². The van der Waals surface area contributed by atoms with Gasteiger partial charge in [-0.25, -0.2) is 18.4 Å². The van der Waals surface area contributed by atoms with E-state index in [4.69, 9.17) is 4.74 Å². The third-order valence-corrected chi connectivity index (χ3v) is 6.03. The number of ether oxygens (including phenoxy) is 1. The highest BCUT2D eigenvalue weighted by Gasteiger charge is 2.15. The Kier molecular flexibility index (Phi) is 5.07. The Morgan fingerprint density at radius 1 is 1.24 bits per heavy atom. The van der Waals surface area contributed by atoms with Crippen molar-refractivity contribution < 1.29 is 13.2 Å². The maximum absolute atomic E-state index is 11.4. The van der Waals surface area contributed by atoms with E-state index < -0.39 is 10.0 Å². The third kappa shape index (κ3) is 4.36.